The number of hydrogen-bond donors (Lipinski definition) is 0. The van der Waals surface area contributed by atoms with E-state index in [1.165, 1.54) is 92.1 Å². The molecule has 0 amide bonds. The van der Waals surface area contributed by atoms with Gasteiger partial charge >= 0.3 is 0 Å². The molecular formula is C66H43NOS. The summed E-state index contributed by atoms with van der Waals surface area (Å²) >= 11 is 1.87. The first-order chi connectivity index (χ1) is 33.9. The summed E-state index contributed by atoms with van der Waals surface area (Å²) in [6.45, 7) is 4.71. The van der Waals surface area contributed by atoms with Gasteiger partial charge in [-0.3, -0.25) is 0 Å². The lowest BCUT2D eigenvalue weighted by atomic mass is 9.65. The van der Waals surface area contributed by atoms with E-state index in [2.05, 4.69) is 243 Å². The molecule has 0 saturated carbocycles. The second-order valence-corrected chi connectivity index (χ2v) is 20.6. The molecule has 11 aromatic carbocycles. The maximum absolute atomic E-state index is 7.26. The largest absolute Gasteiger partial charge is 0.455 e. The molecule has 324 valence electrons. The van der Waals surface area contributed by atoms with E-state index in [-0.39, 0.29) is 5.41 Å². The van der Waals surface area contributed by atoms with E-state index in [0.717, 1.165) is 44.9 Å². The highest BCUT2D eigenvalue weighted by Crippen LogP contribution is 2.64. The van der Waals surface area contributed by atoms with Gasteiger partial charge in [0.15, 0.2) is 0 Å². The highest BCUT2D eigenvalue weighted by atomic mass is 32.1. The van der Waals surface area contributed by atoms with Gasteiger partial charge in [-0.25, -0.2) is 0 Å². The van der Waals surface area contributed by atoms with Crippen molar-refractivity contribution in [1.82, 2.24) is 0 Å². The molecule has 0 fully saturated rings. The summed E-state index contributed by atoms with van der Waals surface area (Å²) in [5.74, 6) is 1.86. The van der Waals surface area contributed by atoms with E-state index < -0.39 is 5.41 Å². The van der Waals surface area contributed by atoms with Crippen molar-refractivity contribution < 1.29 is 4.74 Å². The first-order valence-corrected chi connectivity index (χ1v) is 24.8. The van der Waals surface area contributed by atoms with Crippen molar-refractivity contribution in [3.05, 3.63) is 258 Å². The summed E-state index contributed by atoms with van der Waals surface area (Å²) in [5, 5.41) is 7.18. The van der Waals surface area contributed by atoms with E-state index >= 15 is 0 Å². The van der Waals surface area contributed by atoms with Gasteiger partial charge in [0.05, 0.1) is 5.41 Å². The quantitative estimate of drug-likeness (QED) is 0.175. The Balaban J connectivity index is 0.949. The van der Waals surface area contributed by atoms with Crippen LogP contribution >= 0.6 is 11.3 Å². The molecule has 15 rings (SSSR count). The van der Waals surface area contributed by atoms with Gasteiger partial charge in [0.25, 0.3) is 0 Å². The molecular weight excluding hydrogens is 855 g/mol. The number of thiophene rings is 1. The predicted octanol–water partition coefficient (Wildman–Crippen LogP) is 18.3. The van der Waals surface area contributed by atoms with Crippen LogP contribution in [-0.4, -0.2) is 0 Å². The molecule has 0 saturated heterocycles. The molecule has 1 spiro atoms. The van der Waals surface area contributed by atoms with Crippen LogP contribution < -0.4 is 9.64 Å². The van der Waals surface area contributed by atoms with Gasteiger partial charge in [0.2, 0.25) is 0 Å². The molecule has 12 aromatic rings. The third-order valence-corrected chi connectivity index (χ3v) is 16.8. The average molecular weight is 898 g/mol. The van der Waals surface area contributed by atoms with E-state index in [4.69, 9.17) is 4.74 Å². The van der Waals surface area contributed by atoms with Crippen molar-refractivity contribution in [1.29, 1.82) is 0 Å². The highest BCUT2D eigenvalue weighted by molar-refractivity contribution is 7.25. The normalized spacial score (nSPS) is 14.3. The molecule has 0 unspecified atom stereocenters. The topological polar surface area (TPSA) is 12.5 Å². The van der Waals surface area contributed by atoms with Crippen LogP contribution in [0.1, 0.15) is 47.2 Å². The van der Waals surface area contributed by atoms with Crippen molar-refractivity contribution in [2.75, 3.05) is 4.90 Å². The Bertz CT molecular complexity index is 4090. The summed E-state index contributed by atoms with van der Waals surface area (Å²) < 4.78 is 9.85. The Hall–Kier alpha value is -8.24. The maximum Gasteiger partial charge on any atom is 0.140 e. The van der Waals surface area contributed by atoms with Crippen molar-refractivity contribution in [2.24, 2.45) is 0 Å². The minimum absolute atomic E-state index is 0.0819. The lowest BCUT2D eigenvalue weighted by Gasteiger charge is -2.40. The van der Waals surface area contributed by atoms with Crippen LogP contribution in [0.15, 0.2) is 224 Å². The van der Waals surface area contributed by atoms with Gasteiger partial charge in [-0.2, -0.15) is 0 Å². The van der Waals surface area contributed by atoms with Crippen molar-refractivity contribution in [3.63, 3.8) is 0 Å². The number of fused-ring (bicyclic) bond motifs is 19. The Labute approximate surface area is 405 Å². The highest BCUT2D eigenvalue weighted by Gasteiger charge is 2.52. The fourth-order valence-electron chi connectivity index (χ4n) is 12.6. The van der Waals surface area contributed by atoms with Gasteiger partial charge in [-0.05, 0) is 115 Å². The van der Waals surface area contributed by atoms with Crippen molar-refractivity contribution in [3.8, 4) is 44.9 Å². The zero-order valence-electron chi connectivity index (χ0n) is 38.1. The van der Waals surface area contributed by atoms with Crippen LogP contribution in [0.2, 0.25) is 0 Å². The fourth-order valence-corrected chi connectivity index (χ4v) is 13.7. The maximum atomic E-state index is 7.26. The lowest BCUT2D eigenvalue weighted by Crippen LogP contribution is -2.32. The summed E-state index contributed by atoms with van der Waals surface area (Å²) in [5.41, 5.74) is 17.8. The van der Waals surface area contributed by atoms with E-state index in [9.17, 15) is 0 Å². The van der Waals surface area contributed by atoms with Gasteiger partial charge in [0, 0.05) is 64.5 Å². The molecule has 2 heterocycles. The first-order valence-electron chi connectivity index (χ1n) is 24.0. The Morgan fingerprint density at radius 3 is 1.67 bits per heavy atom. The molecule has 0 N–H and O–H groups in total. The van der Waals surface area contributed by atoms with Gasteiger partial charge in [-0.1, -0.05) is 190 Å². The Morgan fingerprint density at radius 1 is 0.348 bits per heavy atom. The number of nitrogens with zero attached hydrogens (tertiary/aromatic N) is 1. The Morgan fingerprint density at radius 2 is 0.899 bits per heavy atom. The number of ether oxygens (including phenoxy) is 1. The molecule has 2 nitrogen and oxygen atoms in total. The van der Waals surface area contributed by atoms with Crippen LogP contribution in [0.25, 0.3) is 75.1 Å². The third-order valence-electron chi connectivity index (χ3n) is 15.7. The molecule has 3 aliphatic rings. The summed E-state index contributed by atoms with van der Waals surface area (Å²) in [7, 11) is 0. The SMILES string of the molecule is CC1(C)c2ccccc2-c2cc(N(c3cccc(-c4ccc5c(c4)C4(c6ccccc6-5)c5ccc6ccccc6c5Oc5c4ccc4ccccc54)c3)c3ccc4c(c3)sc3ccccc34)ccc21. The predicted molar refractivity (Wildman–Crippen MR) is 289 cm³/mol. The fraction of sp³-hybridized carbons (Fsp3) is 0.0606. The smallest absolute Gasteiger partial charge is 0.140 e. The minimum Gasteiger partial charge on any atom is -0.455 e. The molecule has 0 atom stereocenters. The zero-order chi connectivity index (χ0) is 45.6. The second kappa shape index (κ2) is 14.1. The number of hydrogen-bond acceptors (Lipinski definition) is 3. The van der Waals surface area contributed by atoms with Gasteiger partial charge in [0.1, 0.15) is 11.5 Å². The lowest BCUT2D eigenvalue weighted by molar-refractivity contribution is 0.447. The van der Waals surface area contributed by atoms with Crippen LogP contribution in [-0.2, 0) is 10.8 Å². The van der Waals surface area contributed by atoms with Crippen molar-refractivity contribution in [2.45, 2.75) is 24.7 Å². The van der Waals surface area contributed by atoms with Crippen molar-refractivity contribution >= 4 is 70.1 Å². The molecule has 1 aromatic heterocycles. The van der Waals surface area contributed by atoms with E-state index in [0.29, 0.717) is 0 Å². The first kappa shape index (κ1) is 38.8. The standard InChI is InChI=1S/C66H43NOS/c1-65(2)55-23-10-7-21-50(55)54-38-45(30-35-56(54)65)67(46-29-32-53-52-22-9-12-25-61(52)69-62(53)39-46)44-17-13-16-42(36-44)43-26-31-51-49-20-8-11-24-57(49)66(60(51)37-43)58-33-27-40-14-3-5-18-47(40)63(58)68-64-48-19-6-4-15-41(48)28-34-59(64)66/h3-39H,1-2H3. The average Bonchev–Trinajstić information content (AvgIpc) is 3.99. The van der Waals surface area contributed by atoms with Crippen LogP contribution in [0, 0.1) is 0 Å². The molecule has 0 radical (unpaired) electrons. The summed E-state index contributed by atoms with van der Waals surface area (Å²) in [6, 6.07) is 83.8. The number of rotatable bonds is 4. The summed E-state index contributed by atoms with van der Waals surface area (Å²) in [6.07, 6.45) is 0. The van der Waals surface area contributed by atoms with Crippen LogP contribution in [0.5, 0.6) is 11.5 Å². The van der Waals surface area contributed by atoms with Crippen LogP contribution in [0.4, 0.5) is 17.1 Å². The minimum atomic E-state index is -0.628. The summed E-state index contributed by atoms with van der Waals surface area (Å²) in [4.78, 5) is 2.47. The number of anilines is 3. The third kappa shape index (κ3) is 5.31. The molecule has 1 aliphatic heterocycles. The molecule has 2 aliphatic carbocycles. The van der Waals surface area contributed by atoms with E-state index in [1.54, 1.807) is 0 Å². The Kier molecular flexibility index (Phi) is 7.96. The second-order valence-electron chi connectivity index (χ2n) is 19.5. The van der Waals surface area contributed by atoms with Gasteiger partial charge in [-0.15, -0.1) is 11.3 Å². The molecule has 0 bridgehead atoms. The van der Waals surface area contributed by atoms with Crippen LogP contribution in [0.3, 0.4) is 0 Å². The monoisotopic (exact) mass is 897 g/mol. The molecule has 69 heavy (non-hydrogen) atoms. The molecule has 3 heteroatoms. The zero-order valence-corrected chi connectivity index (χ0v) is 38.9. The van der Waals surface area contributed by atoms with Gasteiger partial charge < -0.3 is 9.64 Å². The number of benzene rings is 11. The van der Waals surface area contributed by atoms with E-state index in [1.807, 2.05) is 11.3 Å².